The number of thiophene rings is 1. The lowest BCUT2D eigenvalue weighted by atomic mass is 10.5. The third kappa shape index (κ3) is 2.31. The summed E-state index contributed by atoms with van der Waals surface area (Å²) in [7, 11) is 1.64. The normalized spacial score (nSPS) is 10.9. The fourth-order valence-electron chi connectivity index (χ4n) is 0.599. The summed E-state index contributed by atoms with van der Waals surface area (Å²) in [5.74, 6) is 0. The molecule has 0 aliphatic carbocycles. The van der Waals surface area contributed by atoms with Crippen molar-refractivity contribution in [2.45, 2.75) is 0 Å². The van der Waals surface area contributed by atoms with Crippen LogP contribution < -0.4 is 5.48 Å². The molecule has 0 unspecified atom stereocenters. The number of nitrogens with two attached hydrogens (primary N) is 1. The smallest absolute Gasteiger partial charge is 0.126 e. The molecular weight excluding hydrogens is 146 g/mol. The van der Waals surface area contributed by atoms with Gasteiger partial charge in [0, 0.05) is 11.0 Å². The lowest BCUT2D eigenvalue weighted by molar-refractivity contribution is -0.841. The van der Waals surface area contributed by atoms with E-state index in [1.54, 1.807) is 23.9 Å². The predicted octanol–water partition coefficient (Wildman–Crippen LogP) is 0.844. The van der Waals surface area contributed by atoms with E-state index in [1.165, 1.54) is 4.88 Å². The van der Waals surface area contributed by atoms with Crippen molar-refractivity contribution in [1.82, 2.24) is 0 Å². The van der Waals surface area contributed by atoms with Crippen molar-refractivity contribution in [2.24, 2.45) is 0 Å². The second-order valence-electron chi connectivity index (χ2n) is 1.75. The predicted molar refractivity (Wildman–Crippen MR) is 42.3 cm³/mol. The van der Waals surface area contributed by atoms with Crippen LogP contribution in [-0.2, 0) is 4.84 Å². The molecule has 0 spiro atoms. The van der Waals surface area contributed by atoms with Crippen LogP contribution in [0.1, 0.15) is 4.88 Å². The largest absolute Gasteiger partial charge is 0.205 e. The summed E-state index contributed by atoms with van der Waals surface area (Å²) >= 11 is 1.71. The van der Waals surface area contributed by atoms with Crippen LogP contribution in [0.15, 0.2) is 23.7 Å². The van der Waals surface area contributed by atoms with Crippen LogP contribution in [-0.4, -0.2) is 7.11 Å². The highest BCUT2D eigenvalue weighted by Crippen LogP contribution is 2.08. The van der Waals surface area contributed by atoms with Crippen molar-refractivity contribution >= 4 is 17.4 Å². The summed E-state index contributed by atoms with van der Waals surface area (Å²) in [6.45, 7) is 0. The van der Waals surface area contributed by atoms with Crippen LogP contribution in [0.5, 0.6) is 0 Å². The molecule has 0 radical (unpaired) electrons. The second kappa shape index (κ2) is 4.22. The van der Waals surface area contributed by atoms with Gasteiger partial charge < -0.3 is 0 Å². The molecule has 2 nitrogen and oxygen atoms in total. The van der Waals surface area contributed by atoms with Gasteiger partial charge in [-0.25, -0.2) is 4.84 Å². The maximum absolute atomic E-state index is 4.73. The summed E-state index contributed by atoms with van der Waals surface area (Å²) in [4.78, 5) is 5.98. The van der Waals surface area contributed by atoms with Gasteiger partial charge in [0.25, 0.3) is 0 Å². The summed E-state index contributed by atoms with van der Waals surface area (Å²) in [5.41, 5.74) is 1.65. The Bertz CT molecular complexity index is 193. The van der Waals surface area contributed by atoms with Gasteiger partial charge in [0.15, 0.2) is 0 Å². The molecule has 0 saturated heterocycles. The highest BCUT2D eigenvalue weighted by molar-refractivity contribution is 7.10. The molecule has 1 aromatic rings. The molecule has 0 bridgehead atoms. The van der Waals surface area contributed by atoms with Gasteiger partial charge in [-0.05, 0) is 11.4 Å². The molecule has 3 heteroatoms. The highest BCUT2D eigenvalue weighted by atomic mass is 32.1. The van der Waals surface area contributed by atoms with Gasteiger partial charge in [-0.15, -0.1) is 11.3 Å². The maximum Gasteiger partial charge on any atom is 0.126 e. The summed E-state index contributed by atoms with van der Waals surface area (Å²) in [6, 6.07) is 4.09. The summed E-state index contributed by atoms with van der Waals surface area (Å²) < 4.78 is 0. The van der Waals surface area contributed by atoms with Crippen LogP contribution in [0.3, 0.4) is 0 Å². The first kappa shape index (κ1) is 7.47. The lowest BCUT2D eigenvalue weighted by Gasteiger charge is -1.83. The molecule has 0 aliphatic heterocycles. The standard InChI is InChI=1S/C7H9NOS/c1-9-8-5-4-7-3-2-6-10-7/h2-6,8H,1H3/p+1/b5-4-. The first-order valence-corrected chi connectivity index (χ1v) is 3.87. The number of hydroxylamine groups is 1. The zero-order chi connectivity index (χ0) is 7.23. The van der Waals surface area contributed by atoms with Crippen molar-refractivity contribution in [3.05, 3.63) is 28.6 Å². The number of quaternary nitrogens is 1. The van der Waals surface area contributed by atoms with Crippen LogP contribution in [0.4, 0.5) is 0 Å². The summed E-state index contributed by atoms with van der Waals surface area (Å²) in [5, 5.41) is 2.05. The topological polar surface area (TPSA) is 25.8 Å². The van der Waals surface area contributed by atoms with Crippen LogP contribution in [0.2, 0.25) is 0 Å². The Morgan fingerprint density at radius 2 is 2.60 bits per heavy atom. The SMILES string of the molecule is CO[NH2+]/C=C\c1cccs1. The van der Waals surface area contributed by atoms with E-state index in [0.29, 0.717) is 0 Å². The van der Waals surface area contributed by atoms with Crippen molar-refractivity contribution in [1.29, 1.82) is 0 Å². The quantitative estimate of drug-likeness (QED) is 0.645. The molecule has 2 N–H and O–H groups in total. The van der Waals surface area contributed by atoms with Crippen molar-refractivity contribution in [3.8, 4) is 0 Å². The monoisotopic (exact) mass is 156 g/mol. The molecule has 1 rings (SSSR count). The van der Waals surface area contributed by atoms with Crippen LogP contribution in [0, 0.1) is 0 Å². The molecule has 0 atom stereocenters. The van der Waals surface area contributed by atoms with E-state index in [2.05, 4.69) is 6.07 Å². The van der Waals surface area contributed by atoms with Gasteiger partial charge >= 0.3 is 0 Å². The Morgan fingerprint density at radius 1 is 1.70 bits per heavy atom. The lowest BCUT2D eigenvalue weighted by Crippen LogP contribution is -2.75. The molecule has 54 valence electrons. The molecule has 0 aromatic carbocycles. The Morgan fingerprint density at radius 3 is 3.20 bits per heavy atom. The fraction of sp³-hybridized carbons (Fsp3) is 0.143. The first-order chi connectivity index (χ1) is 4.93. The van der Waals surface area contributed by atoms with Crippen molar-refractivity contribution in [3.63, 3.8) is 0 Å². The Hall–Kier alpha value is -0.640. The van der Waals surface area contributed by atoms with Crippen LogP contribution >= 0.6 is 11.3 Å². The van der Waals surface area contributed by atoms with E-state index in [1.807, 2.05) is 23.7 Å². The third-order valence-electron chi connectivity index (χ3n) is 1.02. The Kier molecular flexibility index (Phi) is 3.15. The number of rotatable bonds is 3. The van der Waals surface area contributed by atoms with E-state index < -0.39 is 0 Å². The Balaban J connectivity index is 2.40. The number of hydrogen-bond donors (Lipinski definition) is 1. The van der Waals surface area contributed by atoms with E-state index in [-0.39, 0.29) is 0 Å². The van der Waals surface area contributed by atoms with E-state index >= 15 is 0 Å². The third-order valence-corrected chi connectivity index (χ3v) is 1.86. The zero-order valence-electron chi connectivity index (χ0n) is 5.78. The molecule has 1 aromatic heterocycles. The molecule has 0 amide bonds. The van der Waals surface area contributed by atoms with Crippen molar-refractivity contribution in [2.75, 3.05) is 7.11 Å². The minimum Gasteiger partial charge on any atom is -0.205 e. The van der Waals surface area contributed by atoms with Gasteiger partial charge in [0.05, 0.1) is 7.11 Å². The van der Waals surface area contributed by atoms with E-state index in [0.717, 1.165) is 0 Å². The molecule has 1 heterocycles. The average molecular weight is 156 g/mol. The van der Waals surface area contributed by atoms with E-state index in [4.69, 9.17) is 4.84 Å². The molecule has 0 saturated carbocycles. The average Bonchev–Trinajstić information content (AvgIpc) is 2.41. The molecule has 0 fully saturated rings. The number of hydrogen-bond acceptors (Lipinski definition) is 2. The van der Waals surface area contributed by atoms with Crippen LogP contribution in [0.25, 0.3) is 6.08 Å². The zero-order valence-corrected chi connectivity index (χ0v) is 6.60. The summed E-state index contributed by atoms with van der Waals surface area (Å²) in [6.07, 6.45) is 3.89. The Labute approximate surface area is 64.1 Å². The maximum atomic E-state index is 4.73. The van der Waals surface area contributed by atoms with E-state index in [9.17, 15) is 0 Å². The molecule has 10 heavy (non-hydrogen) atoms. The minimum atomic E-state index is 1.24. The van der Waals surface area contributed by atoms with Gasteiger partial charge in [-0.2, -0.15) is 5.48 Å². The van der Waals surface area contributed by atoms with Gasteiger partial charge in [-0.3, -0.25) is 0 Å². The molecular formula is C7H10NOS+. The second-order valence-corrected chi connectivity index (χ2v) is 2.73. The fourth-order valence-corrected chi connectivity index (χ4v) is 1.23. The van der Waals surface area contributed by atoms with Gasteiger partial charge in [0.2, 0.25) is 0 Å². The minimum absolute atomic E-state index is 1.24. The van der Waals surface area contributed by atoms with Gasteiger partial charge in [-0.1, -0.05) is 6.07 Å². The first-order valence-electron chi connectivity index (χ1n) is 2.99. The van der Waals surface area contributed by atoms with Gasteiger partial charge in [0.1, 0.15) is 6.20 Å². The highest BCUT2D eigenvalue weighted by Gasteiger charge is 1.84. The van der Waals surface area contributed by atoms with Crippen molar-refractivity contribution < 1.29 is 10.3 Å². The molecule has 0 aliphatic rings.